The van der Waals surface area contributed by atoms with Gasteiger partial charge >= 0.3 is 0 Å². The second-order valence-electron chi connectivity index (χ2n) is 14.7. The molecular formula is C53H32N2OS. The van der Waals surface area contributed by atoms with Crippen molar-refractivity contribution in [1.82, 2.24) is 9.55 Å². The van der Waals surface area contributed by atoms with Crippen LogP contribution in [0.3, 0.4) is 0 Å². The van der Waals surface area contributed by atoms with Gasteiger partial charge in [-0.25, -0.2) is 4.98 Å². The van der Waals surface area contributed by atoms with Gasteiger partial charge in [-0.3, -0.25) is 0 Å². The van der Waals surface area contributed by atoms with E-state index in [1.165, 1.54) is 53.1 Å². The molecule has 12 aromatic rings. The van der Waals surface area contributed by atoms with Crippen molar-refractivity contribution in [1.29, 1.82) is 0 Å². The average Bonchev–Trinajstić information content (AvgIpc) is 3.96. The molecule has 266 valence electrons. The molecule has 0 aliphatic heterocycles. The van der Waals surface area contributed by atoms with Crippen molar-refractivity contribution in [3.8, 4) is 50.5 Å². The zero-order valence-corrected chi connectivity index (χ0v) is 31.5. The molecular weight excluding hydrogens is 713 g/mol. The number of hydrogen-bond donors (Lipinski definition) is 0. The van der Waals surface area contributed by atoms with Gasteiger partial charge in [-0.2, -0.15) is 0 Å². The van der Waals surface area contributed by atoms with Crippen molar-refractivity contribution in [2.45, 2.75) is 0 Å². The van der Waals surface area contributed by atoms with Gasteiger partial charge in [-0.15, -0.1) is 11.3 Å². The lowest BCUT2D eigenvalue weighted by Crippen LogP contribution is -1.93. The standard InChI is InChI=1S/C53H32N2OS/c1-3-13-33(14-4-1)36-29-45(35-26-28-42-41-18-8-10-23-49(41)56-50(42)32-35)54-46(30-36)43-20-12-24-51-52(43)44-21-11-19-38(53(44)57-51)34-25-27-40-39-17-7-9-22-47(39)55(48(40)31-34)37-15-5-2-6-16-37/h1-32H. The first kappa shape index (κ1) is 32.0. The summed E-state index contributed by atoms with van der Waals surface area (Å²) >= 11 is 1.86. The minimum atomic E-state index is 0.864. The first-order chi connectivity index (χ1) is 28.2. The van der Waals surface area contributed by atoms with E-state index >= 15 is 0 Å². The van der Waals surface area contributed by atoms with E-state index in [9.17, 15) is 0 Å². The smallest absolute Gasteiger partial charge is 0.136 e. The molecule has 4 heteroatoms. The van der Waals surface area contributed by atoms with Crippen molar-refractivity contribution in [3.63, 3.8) is 0 Å². The lowest BCUT2D eigenvalue weighted by Gasteiger charge is -2.12. The fraction of sp³-hybridized carbons (Fsp3) is 0. The van der Waals surface area contributed by atoms with Crippen LogP contribution in [0, 0.1) is 0 Å². The Kier molecular flexibility index (Phi) is 7.10. The summed E-state index contributed by atoms with van der Waals surface area (Å²) in [5.74, 6) is 0. The van der Waals surface area contributed by atoms with E-state index in [1.807, 2.05) is 23.5 Å². The highest BCUT2D eigenvalue weighted by atomic mass is 32.1. The molecule has 0 saturated carbocycles. The number of hydrogen-bond acceptors (Lipinski definition) is 3. The summed E-state index contributed by atoms with van der Waals surface area (Å²) < 4.78 is 11.2. The molecule has 4 aromatic heterocycles. The van der Waals surface area contributed by atoms with Crippen molar-refractivity contribution < 1.29 is 4.42 Å². The van der Waals surface area contributed by atoms with Gasteiger partial charge in [0.05, 0.1) is 22.4 Å². The topological polar surface area (TPSA) is 31.0 Å². The van der Waals surface area contributed by atoms with Gasteiger partial charge in [0, 0.05) is 58.5 Å². The molecule has 0 radical (unpaired) electrons. The van der Waals surface area contributed by atoms with E-state index in [0.717, 1.165) is 61.3 Å². The fourth-order valence-electron chi connectivity index (χ4n) is 8.78. The first-order valence-electron chi connectivity index (χ1n) is 19.3. The predicted molar refractivity (Wildman–Crippen MR) is 240 cm³/mol. The van der Waals surface area contributed by atoms with E-state index in [-0.39, 0.29) is 0 Å². The SMILES string of the molecule is c1ccc(-c2cc(-c3ccc4c(c3)oc3ccccc34)nc(-c3cccc4sc5c(-c6ccc7c8ccccc8n(-c8ccccc8)c7c6)cccc5c34)c2)cc1. The van der Waals surface area contributed by atoms with E-state index in [2.05, 4.69) is 187 Å². The Morgan fingerprint density at radius 1 is 0.404 bits per heavy atom. The maximum absolute atomic E-state index is 6.33. The van der Waals surface area contributed by atoms with Gasteiger partial charge in [0.15, 0.2) is 0 Å². The van der Waals surface area contributed by atoms with E-state index in [1.54, 1.807) is 0 Å². The lowest BCUT2D eigenvalue weighted by molar-refractivity contribution is 0.669. The van der Waals surface area contributed by atoms with Gasteiger partial charge in [-0.1, -0.05) is 133 Å². The molecule has 0 unspecified atom stereocenters. The number of furan rings is 1. The second kappa shape index (κ2) is 12.6. The largest absolute Gasteiger partial charge is 0.456 e. The molecule has 0 aliphatic rings. The number of rotatable bonds is 5. The number of aromatic nitrogens is 2. The summed E-state index contributed by atoms with van der Waals surface area (Å²) in [6.45, 7) is 0. The Morgan fingerprint density at radius 3 is 1.96 bits per heavy atom. The molecule has 0 N–H and O–H groups in total. The fourth-order valence-corrected chi connectivity index (χ4v) is 10.0. The summed E-state index contributed by atoms with van der Waals surface area (Å²) in [5, 5.41) is 7.22. The zero-order chi connectivity index (χ0) is 37.5. The van der Waals surface area contributed by atoms with Gasteiger partial charge in [0.1, 0.15) is 11.2 Å². The van der Waals surface area contributed by atoms with Crippen LogP contribution < -0.4 is 0 Å². The Hall–Kier alpha value is -7.27. The number of thiophene rings is 1. The molecule has 0 atom stereocenters. The van der Waals surface area contributed by atoms with Crippen molar-refractivity contribution in [2.24, 2.45) is 0 Å². The van der Waals surface area contributed by atoms with E-state index in [4.69, 9.17) is 9.40 Å². The zero-order valence-electron chi connectivity index (χ0n) is 30.7. The van der Waals surface area contributed by atoms with Crippen molar-refractivity contribution in [2.75, 3.05) is 0 Å². The summed E-state index contributed by atoms with van der Waals surface area (Å²) in [5.41, 5.74) is 14.0. The molecule has 57 heavy (non-hydrogen) atoms. The molecule has 4 heterocycles. The van der Waals surface area contributed by atoms with Gasteiger partial charge < -0.3 is 8.98 Å². The molecule has 0 amide bonds. The lowest BCUT2D eigenvalue weighted by atomic mass is 9.96. The van der Waals surface area contributed by atoms with Gasteiger partial charge in [0.25, 0.3) is 0 Å². The van der Waals surface area contributed by atoms with Crippen molar-refractivity contribution in [3.05, 3.63) is 194 Å². The van der Waals surface area contributed by atoms with Crippen LogP contribution in [0.5, 0.6) is 0 Å². The van der Waals surface area contributed by atoms with Crippen LogP contribution in [-0.2, 0) is 0 Å². The average molecular weight is 745 g/mol. The minimum absolute atomic E-state index is 0.864. The van der Waals surface area contributed by atoms with E-state index < -0.39 is 0 Å². The Labute approximate surface area is 332 Å². The number of para-hydroxylation sites is 3. The number of nitrogens with zero attached hydrogens (tertiary/aromatic N) is 2. The van der Waals surface area contributed by atoms with Gasteiger partial charge in [-0.05, 0) is 82.9 Å². The minimum Gasteiger partial charge on any atom is -0.456 e. The molecule has 12 rings (SSSR count). The Bertz CT molecular complexity index is 3520. The number of pyridine rings is 1. The number of fused-ring (bicyclic) bond motifs is 9. The third-order valence-electron chi connectivity index (χ3n) is 11.4. The summed E-state index contributed by atoms with van der Waals surface area (Å²) in [6, 6.07) is 69.5. The monoisotopic (exact) mass is 744 g/mol. The predicted octanol–water partition coefficient (Wildman–Crippen LogP) is 15.1. The van der Waals surface area contributed by atoms with Crippen LogP contribution in [0.4, 0.5) is 0 Å². The van der Waals surface area contributed by atoms with Crippen LogP contribution >= 0.6 is 11.3 Å². The quantitative estimate of drug-likeness (QED) is 0.176. The highest BCUT2D eigenvalue weighted by Crippen LogP contribution is 2.45. The summed E-state index contributed by atoms with van der Waals surface area (Å²) in [7, 11) is 0. The summed E-state index contributed by atoms with van der Waals surface area (Å²) in [4.78, 5) is 5.43. The third kappa shape index (κ3) is 5.08. The first-order valence-corrected chi connectivity index (χ1v) is 20.1. The molecule has 0 bridgehead atoms. The molecule has 0 fully saturated rings. The molecule has 0 spiro atoms. The van der Waals surface area contributed by atoms with Crippen LogP contribution in [0.15, 0.2) is 199 Å². The number of benzene rings is 8. The maximum atomic E-state index is 6.33. The summed E-state index contributed by atoms with van der Waals surface area (Å²) in [6.07, 6.45) is 0. The van der Waals surface area contributed by atoms with Crippen LogP contribution in [0.1, 0.15) is 0 Å². The second-order valence-corrected chi connectivity index (χ2v) is 15.7. The van der Waals surface area contributed by atoms with Crippen LogP contribution in [0.25, 0.3) is 114 Å². The Balaban J connectivity index is 1.05. The highest BCUT2D eigenvalue weighted by Gasteiger charge is 2.19. The highest BCUT2D eigenvalue weighted by molar-refractivity contribution is 7.26. The molecule has 3 nitrogen and oxygen atoms in total. The maximum Gasteiger partial charge on any atom is 0.136 e. The molecule has 8 aromatic carbocycles. The van der Waals surface area contributed by atoms with Crippen LogP contribution in [-0.4, -0.2) is 9.55 Å². The third-order valence-corrected chi connectivity index (χ3v) is 12.6. The molecule has 0 saturated heterocycles. The Morgan fingerprint density at radius 2 is 1.07 bits per heavy atom. The van der Waals surface area contributed by atoms with Gasteiger partial charge in [0.2, 0.25) is 0 Å². The van der Waals surface area contributed by atoms with E-state index in [0.29, 0.717) is 0 Å². The van der Waals surface area contributed by atoms with Crippen LogP contribution in [0.2, 0.25) is 0 Å². The normalized spacial score (nSPS) is 11.9. The molecule has 0 aliphatic carbocycles. The van der Waals surface area contributed by atoms with Crippen molar-refractivity contribution >= 4 is 75.3 Å².